The molecule has 0 aliphatic heterocycles. The smallest absolute Gasteiger partial charge is 0.250 e. The number of ether oxygens (including phenoxy) is 1. The Balaban J connectivity index is 1.71. The number of nitrogens with one attached hydrogen (secondary N) is 1. The monoisotopic (exact) mass is 331 g/mol. The number of rotatable bonds is 4. The second-order valence-electron chi connectivity index (χ2n) is 5.91. The predicted octanol–water partition coefficient (Wildman–Crippen LogP) is 3.45. The average molecular weight is 331 g/mol. The molecule has 2 heterocycles. The molecule has 0 fully saturated rings. The van der Waals surface area contributed by atoms with E-state index in [2.05, 4.69) is 10.2 Å². The summed E-state index contributed by atoms with van der Waals surface area (Å²) < 4.78 is 6.96. The van der Waals surface area contributed by atoms with Crippen molar-refractivity contribution in [3.8, 4) is 16.9 Å². The Morgan fingerprint density at radius 2 is 1.96 bits per heavy atom. The number of aromatic nitrogens is 3. The number of fused-ring (bicyclic) bond motifs is 1. The fourth-order valence-electron chi connectivity index (χ4n) is 2.91. The highest BCUT2D eigenvalue weighted by Crippen LogP contribution is 2.22. The molecule has 5 nitrogen and oxygen atoms in total. The highest BCUT2D eigenvalue weighted by atomic mass is 16.5. The van der Waals surface area contributed by atoms with Gasteiger partial charge in [0.1, 0.15) is 5.75 Å². The molecule has 0 saturated carbocycles. The number of pyridine rings is 1. The summed E-state index contributed by atoms with van der Waals surface area (Å²) in [5.41, 5.74) is 3.98. The molecule has 0 saturated heterocycles. The highest BCUT2D eigenvalue weighted by Gasteiger charge is 2.05. The van der Waals surface area contributed by atoms with Gasteiger partial charge in [-0.25, -0.2) is 0 Å². The van der Waals surface area contributed by atoms with Gasteiger partial charge in [0, 0.05) is 17.6 Å². The number of nitrogens with zero attached hydrogens (tertiary/aromatic N) is 2. The van der Waals surface area contributed by atoms with Crippen LogP contribution in [-0.4, -0.2) is 21.9 Å². The number of aromatic amines is 1. The Hall–Kier alpha value is -3.34. The van der Waals surface area contributed by atoms with Crippen molar-refractivity contribution in [1.82, 2.24) is 14.8 Å². The molecular weight excluding hydrogens is 314 g/mol. The van der Waals surface area contributed by atoms with Gasteiger partial charge in [0.05, 0.1) is 25.4 Å². The number of methoxy groups -OCH3 is 1. The fourth-order valence-corrected chi connectivity index (χ4v) is 2.91. The Bertz CT molecular complexity index is 1100. The van der Waals surface area contributed by atoms with Crippen molar-refractivity contribution in [1.29, 1.82) is 0 Å². The lowest BCUT2D eigenvalue weighted by molar-refractivity contribution is 0.414. The molecule has 4 rings (SSSR count). The molecule has 0 spiro atoms. The lowest BCUT2D eigenvalue weighted by Crippen LogP contribution is -2.19. The molecule has 4 aromatic rings. The average Bonchev–Trinajstić information content (AvgIpc) is 3.11. The van der Waals surface area contributed by atoms with Crippen LogP contribution >= 0.6 is 0 Å². The van der Waals surface area contributed by atoms with Crippen molar-refractivity contribution >= 4 is 10.9 Å². The van der Waals surface area contributed by atoms with E-state index in [0.29, 0.717) is 6.54 Å². The molecule has 0 atom stereocenters. The SMILES string of the molecule is COc1cccc(Cn2cc(-c3ccc4cn[nH]c4c3)ccc2=O)c1. The largest absolute Gasteiger partial charge is 0.497 e. The molecule has 2 aromatic heterocycles. The maximum Gasteiger partial charge on any atom is 0.250 e. The number of hydrogen-bond acceptors (Lipinski definition) is 3. The summed E-state index contributed by atoms with van der Waals surface area (Å²) in [6, 6.07) is 17.3. The first kappa shape index (κ1) is 15.2. The van der Waals surface area contributed by atoms with Gasteiger partial charge >= 0.3 is 0 Å². The van der Waals surface area contributed by atoms with Gasteiger partial charge in [0.15, 0.2) is 0 Å². The van der Waals surface area contributed by atoms with Crippen LogP contribution in [0.3, 0.4) is 0 Å². The van der Waals surface area contributed by atoms with E-state index in [1.807, 2.05) is 54.7 Å². The van der Waals surface area contributed by atoms with Crippen LogP contribution < -0.4 is 10.3 Å². The minimum absolute atomic E-state index is 0.0332. The van der Waals surface area contributed by atoms with Crippen LogP contribution in [0.5, 0.6) is 5.75 Å². The predicted molar refractivity (Wildman–Crippen MR) is 97.9 cm³/mol. The molecule has 2 aromatic carbocycles. The van der Waals surface area contributed by atoms with Crippen LogP contribution in [0.4, 0.5) is 0 Å². The van der Waals surface area contributed by atoms with E-state index in [1.165, 1.54) is 0 Å². The summed E-state index contributed by atoms with van der Waals surface area (Å²) in [6.07, 6.45) is 3.68. The van der Waals surface area contributed by atoms with E-state index >= 15 is 0 Å². The van der Waals surface area contributed by atoms with E-state index in [4.69, 9.17) is 4.74 Å². The van der Waals surface area contributed by atoms with Gasteiger partial charge in [0.2, 0.25) is 0 Å². The fraction of sp³-hybridized carbons (Fsp3) is 0.100. The lowest BCUT2D eigenvalue weighted by Gasteiger charge is -2.10. The maximum atomic E-state index is 12.2. The molecule has 25 heavy (non-hydrogen) atoms. The number of benzene rings is 2. The van der Waals surface area contributed by atoms with Crippen LogP contribution in [0.2, 0.25) is 0 Å². The van der Waals surface area contributed by atoms with Gasteiger partial charge in [-0.15, -0.1) is 0 Å². The van der Waals surface area contributed by atoms with Crippen molar-refractivity contribution < 1.29 is 4.74 Å². The van der Waals surface area contributed by atoms with Crippen LogP contribution in [0, 0.1) is 0 Å². The maximum absolute atomic E-state index is 12.2. The third kappa shape index (κ3) is 3.04. The first-order chi connectivity index (χ1) is 12.2. The van der Waals surface area contributed by atoms with Crippen molar-refractivity contribution in [3.63, 3.8) is 0 Å². The summed E-state index contributed by atoms with van der Waals surface area (Å²) >= 11 is 0. The topological polar surface area (TPSA) is 59.9 Å². The zero-order valence-corrected chi connectivity index (χ0v) is 13.8. The quantitative estimate of drug-likeness (QED) is 0.623. The van der Waals surface area contributed by atoms with Crippen LogP contribution in [0.1, 0.15) is 5.56 Å². The van der Waals surface area contributed by atoms with Gasteiger partial charge in [-0.2, -0.15) is 5.10 Å². The van der Waals surface area contributed by atoms with Crippen molar-refractivity contribution in [2.45, 2.75) is 6.54 Å². The van der Waals surface area contributed by atoms with Crippen molar-refractivity contribution in [2.24, 2.45) is 0 Å². The minimum atomic E-state index is -0.0332. The molecule has 0 bridgehead atoms. The minimum Gasteiger partial charge on any atom is -0.497 e. The lowest BCUT2D eigenvalue weighted by atomic mass is 10.1. The second-order valence-corrected chi connectivity index (χ2v) is 5.91. The summed E-state index contributed by atoms with van der Waals surface area (Å²) in [4.78, 5) is 12.2. The van der Waals surface area contributed by atoms with Crippen LogP contribution in [-0.2, 0) is 6.54 Å². The number of hydrogen-bond donors (Lipinski definition) is 1. The molecular formula is C20H17N3O2. The standard InChI is InChI=1S/C20H17N3O2/c1-25-18-4-2-3-14(9-18)12-23-13-17(7-8-20(23)24)15-5-6-16-11-21-22-19(16)10-15/h2-11,13H,12H2,1H3,(H,21,22). The van der Waals surface area contributed by atoms with Crippen LogP contribution in [0.25, 0.3) is 22.0 Å². The Morgan fingerprint density at radius 3 is 2.84 bits per heavy atom. The molecule has 124 valence electrons. The molecule has 0 aliphatic carbocycles. The second kappa shape index (κ2) is 6.28. The first-order valence-electron chi connectivity index (χ1n) is 8.00. The Kier molecular flexibility index (Phi) is 3.82. The first-order valence-corrected chi connectivity index (χ1v) is 8.00. The summed E-state index contributed by atoms with van der Waals surface area (Å²) in [5, 5.41) is 8.09. The molecule has 0 unspecified atom stereocenters. The van der Waals surface area contributed by atoms with Gasteiger partial charge in [0.25, 0.3) is 5.56 Å². The van der Waals surface area contributed by atoms with Crippen molar-refractivity contribution in [3.05, 3.63) is 82.9 Å². The molecule has 1 N–H and O–H groups in total. The van der Waals surface area contributed by atoms with Gasteiger partial charge in [-0.1, -0.05) is 24.3 Å². The van der Waals surface area contributed by atoms with Gasteiger partial charge in [-0.05, 0) is 41.0 Å². The molecule has 0 radical (unpaired) electrons. The van der Waals surface area contributed by atoms with Gasteiger partial charge in [-0.3, -0.25) is 9.89 Å². The summed E-state index contributed by atoms with van der Waals surface area (Å²) in [6.45, 7) is 0.496. The molecule has 5 heteroatoms. The highest BCUT2D eigenvalue weighted by molar-refractivity contribution is 5.83. The third-order valence-corrected chi connectivity index (χ3v) is 4.25. The van der Waals surface area contributed by atoms with E-state index < -0.39 is 0 Å². The van der Waals surface area contributed by atoms with E-state index in [-0.39, 0.29) is 5.56 Å². The Morgan fingerprint density at radius 1 is 1.08 bits per heavy atom. The number of H-pyrrole nitrogens is 1. The molecule has 0 amide bonds. The Labute approximate surface area is 144 Å². The van der Waals surface area contributed by atoms with E-state index in [0.717, 1.165) is 33.3 Å². The summed E-state index contributed by atoms with van der Waals surface area (Å²) in [5.74, 6) is 0.784. The molecule has 0 aliphatic rings. The summed E-state index contributed by atoms with van der Waals surface area (Å²) in [7, 11) is 1.64. The zero-order chi connectivity index (χ0) is 17.2. The zero-order valence-electron chi connectivity index (χ0n) is 13.8. The normalized spacial score (nSPS) is 10.9. The third-order valence-electron chi connectivity index (χ3n) is 4.25. The van der Waals surface area contributed by atoms with Gasteiger partial charge < -0.3 is 9.30 Å². The van der Waals surface area contributed by atoms with E-state index in [9.17, 15) is 4.79 Å². The van der Waals surface area contributed by atoms with Crippen LogP contribution in [0.15, 0.2) is 71.8 Å². The van der Waals surface area contributed by atoms with Crippen molar-refractivity contribution in [2.75, 3.05) is 7.11 Å². The van der Waals surface area contributed by atoms with E-state index in [1.54, 1.807) is 23.9 Å².